The molecule has 4 heteroatoms. The van der Waals surface area contributed by atoms with E-state index in [1.165, 1.54) is 0 Å². The molecular formula is C17H20N2O2. The Morgan fingerprint density at radius 2 is 1.86 bits per heavy atom. The first-order valence-electron chi connectivity index (χ1n) is 6.81. The molecule has 2 aromatic rings. The number of rotatable bonds is 5. The van der Waals surface area contributed by atoms with Gasteiger partial charge in [0.2, 0.25) is 0 Å². The van der Waals surface area contributed by atoms with Gasteiger partial charge in [-0.3, -0.25) is 4.79 Å². The standard InChI is InChI=1S/C17H20N2O2/c1-19(12-13-6-8-16(21-2)9-7-13)17(20)15-5-3-4-14(10-15)11-18/h3-10H,11-12,18H2,1-2H3. The molecule has 21 heavy (non-hydrogen) atoms. The Labute approximate surface area is 125 Å². The van der Waals surface area contributed by atoms with Crippen molar-refractivity contribution in [3.8, 4) is 5.75 Å². The summed E-state index contributed by atoms with van der Waals surface area (Å²) in [6.45, 7) is 0.985. The summed E-state index contributed by atoms with van der Waals surface area (Å²) in [5, 5.41) is 0. The maximum Gasteiger partial charge on any atom is 0.253 e. The van der Waals surface area contributed by atoms with Gasteiger partial charge in [-0.2, -0.15) is 0 Å². The predicted octanol–water partition coefficient (Wildman–Crippen LogP) is 2.43. The lowest BCUT2D eigenvalue weighted by molar-refractivity contribution is 0.0785. The van der Waals surface area contributed by atoms with E-state index in [1.807, 2.05) is 48.5 Å². The number of hydrogen-bond acceptors (Lipinski definition) is 3. The van der Waals surface area contributed by atoms with E-state index < -0.39 is 0 Å². The Morgan fingerprint density at radius 1 is 1.14 bits per heavy atom. The third-order valence-corrected chi connectivity index (χ3v) is 3.34. The zero-order valence-electron chi connectivity index (χ0n) is 12.4. The van der Waals surface area contributed by atoms with Gasteiger partial charge in [0.25, 0.3) is 5.91 Å². The molecule has 0 fully saturated rings. The highest BCUT2D eigenvalue weighted by molar-refractivity contribution is 5.94. The summed E-state index contributed by atoms with van der Waals surface area (Å²) in [5.74, 6) is 0.796. The zero-order chi connectivity index (χ0) is 15.2. The highest BCUT2D eigenvalue weighted by Gasteiger charge is 2.12. The van der Waals surface area contributed by atoms with E-state index in [-0.39, 0.29) is 5.91 Å². The van der Waals surface area contributed by atoms with E-state index in [2.05, 4.69) is 0 Å². The molecule has 0 aliphatic rings. The van der Waals surface area contributed by atoms with Crippen molar-refractivity contribution in [3.63, 3.8) is 0 Å². The number of nitrogens with two attached hydrogens (primary N) is 1. The fraction of sp³-hybridized carbons (Fsp3) is 0.235. The molecule has 2 aromatic carbocycles. The minimum absolute atomic E-state index is 0.0129. The van der Waals surface area contributed by atoms with Crippen molar-refractivity contribution in [2.75, 3.05) is 14.2 Å². The maximum atomic E-state index is 12.4. The van der Waals surface area contributed by atoms with E-state index >= 15 is 0 Å². The minimum atomic E-state index is -0.0129. The largest absolute Gasteiger partial charge is 0.497 e. The van der Waals surface area contributed by atoms with Crippen LogP contribution in [0.4, 0.5) is 0 Å². The SMILES string of the molecule is COc1ccc(CN(C)C(=O)c2cccc(CN)c2)cc1. The van der Waals surface area contributed by atoms with Crippen LogP contribution in [0.15, 0.2) is 48.5 Å². The Hall–Kier alpha value is -2.33. The molecule has 0 atom stereocenters. The second-order valence-corrected chi connectivity index (χ2v) is 4.91. The molecule has 1 amide bonds. The van der Waals surface area contributed by atoms with Gasteiger partial charge in [0.05, 0.1) is 7.11 Å². The third-order valence-electron chi connectivity index (χ3n) is 3.34. The van der Waals surface area contributed by atoms with Crippen molar-refractivity contribution in [2.24, 2.45) is 5.73 Å². The van der Waals surface area contributed by atoms with Crippen LogP contribution in [0.5, 0.6) is 5.75 Å². The van der Waals surface area contributed by atoms with Gasteiger partial charge in [0.15, 0.2) is 0 Å². The number of carbonyl (C=O) groups excluding carboxylic acids is 1. The van der Waals surface area contributed by atoms with Crippen LogP contribution in [0, 0.1) is 0 Å². The fourth-order valence-electron chi connectivity index (χ4n) is 2.13. The predicted molar refractivity (Wildman–Crippen MR) is 83.1 cm³/mol. The first-order valence-corrected chi connectivity index (χ1v) is 6.81. The molecule has 0 aliphatic heterocycles. The Morgan fingerprint density at radius 3 is 2.48 bits per heavy atom. The van der Waals surface area contributed by atoms with Crippen molar-refractivity contribution in [3.05, 3.63) is 65.2 Å². The van der Waals surface area contributed by atoms with E-state index in [0.29, 0.717) is 18.7 Å². The van der Waals surface area contributed by atoms with E-state index in [0.717, 1.165) is 16.9 Å². The lowest BCUT2D eigenvalue weighted by Gasteiger charge is -2.18. The van der Waals surface area contributed by atoms with Gasteiger partial charge in [-0.1, -0.05) is 24.3 Å². The van der Waals surface area contributed by atoms with Gasteiger partial charge in [0, 0.05) is 25.7 Å². The average Bonchev–Trinajstić information content (AvgIpc) is 2.54. The van der Waals surface area contributed by atoms with Gasteiger partial charge in [-0.15, -0.1) is 0 Å². The second kappa shape index (κ2) is 6.90. The molecule has 110 valence electrons. The summed E-state index contributed by atoms with van der Waals surface area (Å²) < 4.78 is 5.12. The van der Waals surface area contributed by atoms with Crippen LogP contribution in [0.1, 0.15) is 21.5 Å². The molecule has 0 unspecified atom stereocenters. The summed E-state index contributed by atoms with van der Waals surface area (Å²) in [6, 6.07) is 15.1. The topological polar surface area (TPSA) is 55.6 Å². The molecule has 4 nitrogen and oxygen atoms in total. The molecule has 0 radical (unpaired) electrons. The number of carbonyl (C=O) groups is 1. The van der Waals surface area contributed by atoms with Crippen molar-refractivity contribution in [1.82, 2.24) is 4.90 Å². The van der Waals surface area contributed by atoms with Gasteiger partial charge in [0.1, 0.15) is 5.75 Å². The van der Waals surface area contributed by atoms with Crippen LogP contribution in [-0.2, 0) is 13.1 Å². The minimum Gasteiger partial charge on any atom is -0.497 e. The van der Waals surface area contributed by atoms with Gasteiger partial charge in [-0.25, -0.2) is 0 Å². The first kappa shape index (κ1) is 15.1. The number of methoxy groups -OCH3 is 1. The Kier molecular flexibility index (Phi) is 4.95. The molecule has 0 saturated carbocycles. The zero-order valence-corrected chi connectivity index (χ0v) is 12.4. The van der Waals surface area contributed by atoms with Gasteiger partial charge in [-0.05, 0) is 35.4 Å². The smallest absolute Gasteiger partial charge is 0.253 e. The van der Waals surface area contributed by atoms with Crippen molar-refractivity contribution in [1.29, 1.82) is 0 Å². The van der Waals surface area contributed by atoms with E-state index in [9.17, 15) is 4.79 Å². The molecule has 0 aromatic heterocycles. The molecular weight excluding hydrogens is 264 g/mol. The van der Waals surface area contributed by atoms with Crippen molar-refractivity contribution < 1.29 is 9.53 Å². The number of nitrogens with zero attached hydrogens (tertiary/aromatic N) is 1. The number of amides is 1. The first-order chi connectivity index (χ1) is 10.1. The molecule has 0 aliphatic carbocycles. The Bertz CT molecular complexity index is 608. The van der Waals surface area contributed by atoms with Crippen LogP contribution in [0.3, 0.4) is 0 Å². The number of benzene rings is 2. The molecule has 2 rings (SSSR count). The highest BCUT2D eigenvalue weighted by atomic mass is 16.5. The van der Waals surface area contributed by atoms with Crippen molar-refractivity contribution in [2.45, 2.75) is 13.1 Å². The quantitative estimate of drug-likeness (QED) is 0.917. The van der Waals surface area contributed by atoms with Crippen LogP contribution in [-0.4, -0.2) is 25.0 Å². The van der Waals surface area contributed by atoms with Crippen LogP contribution < -0.4 is 10.5 Å². The molecule has 0 saturated heterocycles. The third kappa shape index (κ3) is 3.83. The summed E-state index contributed by atoms with van der Waals surface area (Å²) in [7, 11) is 3.43. The lowest BCUT2D eigenvalue weighted by Crippen LogP contribution is -2.26. The Balaban J connectivity index is 2.07. The van der Waals surface area contributed by atoms with Crippen LogP contribution in [0.2, 0.25) is 0 Å². The van der Waals surface area contributed by atoms with E-state index in [1.54, 1.807) is 19.1 Å². The summed E-state index contributed by atoms with van der Waals surface area (Å²) in [6.07, 6.45) is 0. The average molecular weight is 284 g/mol. The van der Waals surface area contributed by atoms with Crippen LogP contribution >= 0.6 is 0 Å². The van der Waals surface area contributed by atoms with Crippen LogP contribution in [0.25, 0.3) is 0 Å². The number of ether oxygens (including phenoxy) is 1. The summed E-state index contributed by atoms with van der Waals surface area (Å²) in [4.78, 5) is 14.1. The summed E-state index contributed by atoms with van der Waals surface area (Å²) >= 11 is 0. The molecule has 0 heterocycles. The molecule has 0 spiro atoms. The maximum absolute atomic E-state index is 12.4. The van der Waals surface area contributed by atoms with Gasteiger partial charge >= 0.3 is 0 Å². The highest BCUT2D eigenvalue weighted by Crippen LogP contribution is 2.14. The monoisotopic (exact) mass is 284 g/mol. The van der Waals surface area contributed by atoms with Crippen molar-refractivity contribution >= 4 is 5.91 Å². The summed E-state index contributed by atoms with van der Waals surface area (Å²) in [5.41, 5.74) is 8.28. The second-order valence-electron chi connectivity index (χ2n) is 4.91. The van der Waals surface area contributed by atoms with E-state index in [4.69, 9.17) is 10.5 Å². The normalized spacial score (nSPS) is 10.2. The molecule has 2 N–H and O–H groups in total. The fourth-order valence-corrected chi connectivity index (χ4v) is 2.13. The number of hydrogen-bond donors (Lipinski definition) is 1. The van der Waals surface area contributed by atoms with Gasteiger partial charge < -0.3 is 15.4 Å². The lowest BCUT2D eigenvalue weighted by atomic mass is 10.1. The molecule has 0 bridgehead atoms.